The summed E-state index contributed by atoms with van der Waals surface area (Å²) in [7, 11) is 0. The third-order valence-corrected chi connectivity index (χ3v) is 2.68. The van der Waals surface area contributed by atoms with Crippen LogP contribution in [0.2, 0.25) is 0 Å². The van der Waals surface area contributed by atoms with Crippen molar-refractivity contribution in [2.24, 2.45) is 0 Å². The van der Waals surface area contributed by atoms with Crippen LogP contribution in [0.5, 0.6) is 0 Å². The van der Waals surface area contributed by atoms with Crippen LogP contribution >= 0.6 is 0 Å². The van der Waals surface area contributed by atoms with Gasteiger partial charge in [0.15, 0.2) is 0 Å². The standard InChI is InChI=1S/C6H5.Hg.2NO3/c1-2-4-6-5-3-1;;2*2-1(3)4/h1-5H;;;/q;;2*-1. The summed E-state index contributed by atoms with van der Waals surface area (Å²) < 4.78 is 1.52. The molecule has 0 radical (unpaired) electrons. The molecule has 0 unspecified atom stereocenters. The van der Waals surface area contributed by atoms with Crippen LogP contribution < -0.4 is 3.07 Å². The first-order chi connectivity index (χ1) is 6.86. The summed E-state index contributed by atoms with van der Waals surface area (Å²) in [6.07, 6.45) is 0. The Morgan fingerprint density at radius 2 is 1.13 bits per heavy atom. The average molecular weight is 402 g/mol. The van der Waals surface area contributed by atoms with Gasteiger partial charge >= 0.3 is 59.5 Å². The third kappa shape index (κ3) is 32.6. The Hall–Kier alpha value is -1.44. The molecule has 0 saturated carbocycles. The second-order valence-electron chi connectivity index (χ2n) is 1.93. The van der Waals surface area contributed by atoms with Crippen molar-refractivity contribution in [2.75, 3.05) is 0 Å². The van der Waals surface area contributed by atoms with Gasteiger partial charge in [0.25, 0.3) is 0 Å². The number of benzene rings is 1. The Kier molecular flexibility index (Phi) is 11.3. The van der Waals surface area contributed by atoms with E-state index in [1.54, 1.807) is 0 Å². The average Bonchev–Trinajstić information content (AvgIpc) is 2.03. The molecule has 0 atom stereocenters. The number of hydrogen-bond donors (Lipinski definition) is 0. The van der Waals surface area contributed by atoms with E-state index in [4.69, 9.17) is 30.6 Å². The van der Waals surface area contributed by atoms with Gasteiger partial charge in [0, 0.05) is 0 Å². The van der Waals surface area contributed by atoms with E-state index in [-0.39, 0.29) is 0 Å². The molecular formula is C6H5HgN2O6-2. The van der Waals surface area contributed by atoms with Crippen LogP contribution in [0.3, 0.4) is 0 Å². The normalized spacial score (nSPS) is 7.33. The summed E-state index contributed by atoms with van der Waals surface area (Å²) in [6.45, 7) is 0. The van der Waals surface area contributed by atoms with Gasteiger partial charge in [0.05, 0.1) is 10.2 Å². The fraction of sp³-hybridized carbons (Fsp3) is 0. The molecule has 0 saturated heterocycles. The van der Waals surface area contributed by atoms with Gasteiger partial charge in [-0.25, -0.2) is 0 Å². The Balaban J connectivity index is 0. The fourth-order valence-electron chi connectivity index (χ4n) is 0.478. The van der Waals surface area contributed by atoms with E-state index >= 15 is 0 Å². The van der Waals surface area contributed by atoms with Gasteiger partial charge < -0.3 is 30.6 Å². The van der Waals surface area contributed by atoms with Crippen molar-refractivity contribution in [2.45, 2.75) is 0 Å². The maximum atomic E-state index is 8.25. The van der Waals surface area contributed by atoms with Crippen molar-refractivity contribution in [3.8, 4) is 0 Å². The second-order valence-corrected chi connectivity index (χ2v) is 5.11. The Labute approximate surface area is 100 Å². The third-order valence-electron chi connectivity index (χ3n) is 0.843. The van der Waals surface area contributed by atoms with E-state index in [1.165, 1.54) is 3.07 Å². The van der Waals surface area contributed by atoms with E-state index in [1.807, 2.05) is 0 Å². The quantitative estimate of drug-likeness (QED) is 0.350. The van der Waals surface area contributed by atoms with E-state index < -0.39 is 10.2 Å². The van der Waals surface area contributed by atoms with E-state index in [0.29, 0.717) is 0 Å². The van der Waals surface area contributed by atoms with Crippen LogP contribution in [0, 0.1) is 30.6 Å². The summed E-state index contributed by atoms with van der Waals surface area (Å²) in [6, 6.07) is 10.6. The van der Waals surface area contributed by atoms with Crippen molar-refractivity contribution >= 4 is 3.07 Å². The predicted octanol–water partition coefficient (Wildman–Crippen LogP) is 0.380. The van der Waals surface area contributed by atoms with E-state index in [2.05, 4.69) is 30.3 Å². The van der Waals surface area contributed by atoms with E-state index in [0.717, 1.165) is 26.1 Å². The molecule has 0 N–H and O–H groups in total. The van der Waals surface area contributed by atoms with Crippen molar-refractivity contribution in [1.82, 2.24) is 0 Å². The van der Waals surface area contributed by atoms with Crippen LogP contribution in [0.25, 0.3) is 0 Å². The fourth-order valence-corrected chi connectivity index (χ4v) is 1.54. The molecule has 0 aliphatic carbocycles. The molecule has 15 heavy (non-hydrogen) atoms. The van der Waals surface area contributed by atoms with Crippen molar-refractivity contribution in [1.29, 1.82) is 0 Å². The molecule has 0 amide bonds. The van der Waals surface area contributed by atoms with Gasteiger partial charge in [-0.15, -0.1) is 0 Å². The van der Waals surface area contributed by atoms with Gasteiger partial charge in [-0.3, -0.25) is 0 Å². The summed E-state index contributed by atoms with van der Waals surface area (Å²) in [5.41, 5.74) is 0. The molecule has 79 valence electrons. The zero-order valence-electron chi connectivity index (χ0n) is 7.44. The van der Waals surface area contributed by atoms with Crippen molar-refractivity contribution in [3.05, 3.63) is 61.0 Å². The SMILES string of the molecule is O=[N+]([O-])[O-].O=[N+]([O-])[O-].[Hg][c]1ccccc1. The maximum absolute atomic E-state index is 8.25. The first-order valence-corrected chi connectivity index (χ1v) is 6.11. The number of nitrogens with zero attached hydrogens (tertiary/aromatic N) is 2. The molecule has 1 aromatic rings. The molecular weight excluding hydrogens is 397 g/mol. The van der Waals surface area contributed by atoms with E-state index in [9.17, 15) is 0 Å². The summed E-state index contributed by atoms with van der Waals surface area (Å²) >= 11 is 0.810. The molecule has 0 fully saturated rings. The molecule has 0 aromatic heterocycles. The van der Waals surface area contributed by atoms with Crippen LogP contribution in [-0.2, 0) is 26.1 Å². The van der Waals surface area contributed by atoms with Crippen LogP contribution in [0.1, 0.15) is 0 Å². The second kappa shape index (κ2) is 10.6. The van der Waals surface area contributed by atoms with Crippen LogP contribution in [0.15, 0.2) is 30.3 Å². The summed E-state index contributed by atoms with van der Waals surface area (Å²) in [5, 5.41) is 29.5. The summed E-state index contributed by atoms with van der Waals surface area (Å²) in [5.74, 6) is 0. The first-order valence-electron chi connectivity index (χ1n) is 3.36. The van der Waals surface area contributed by atoms with Gasteiger partial charge in [-0.05, 0) is 0 Å². The molecule has 0 bridgehead atoms. The molecule has 0 aliphatic heterocycles. The molecule has 9 heteroatoms. The number of hydrogen-bond acceptors (Lipinski definition) is 6. The Bertz CT molecular complexity index is 273. The number of rotatable bonds is 0. The first kappa shape index (κ1) is 16.0. The zero-order chi connectivity index (χ0) is 12.3. The van der Waals surface area contributed by atoms with Gasteiger partial charge in [0.2, 0.25) is 0 Å². The van der Waals surface area contributed by atoms with Crippen LogP contribution in [0.4, 0.5) is 0 Å². The molecule has 1 aromatic carbocycles. The monoisotopic (exact) mass is 403 g/mol. The minimum absolute atomic E-state index is 0.810. The molecule has 1 rings (SSSR count). The zero-order valence-corrected chi connectivity index (χ0v) is 12.9. The predicted molar refractivity (Wildman–Crippen MR) is 46.8 cm³/mol. The molecule has 0 aliphatic rings. The van der Waals surface area contributed by atoms with Gasteiger partial charge in [-0.2, -0.15) is 0 Å². The Morgan fingerprint density at radius 1 is 0.867 bits per heavy atom. The van der Waals surface area contributed by atoms with Gasteiger partial charge in [-0.1, -0.05) is 0 Å². The van der Waals surface area contributed by atoms with Crippen molar-refractivity contribution < 1.29 is 36.3 Å². The van der Waals surface area contributed by atoms with Crippen LogP contribution in [-0.4, -0.2) is 10.2 Å². The summed E-state index contributed by atoms with van der Waals surface area (Å²) in [4.78, 5) is 16.5. The molecule has 0 spiro atoms. The van der Waals surface area contributed by atoms with Crippen molar-refractivity contribution in [3.63, 3.8) is 0 Å². The minimum atomic E-state index is -1.75. The topological polar surface area (TPSA) is 132 Å². The molecule has 8 nitrogen and oxygen atoms in total. The van der Waals surface area contributed by atoms with Gasteiger partial charge in [0.1, 0.15) is 0 Å². The Morgan fingerprint density at radius 3 is 1.27 bits per heavy atom. The molecule has 0 heterocycles.